The molecule has 126 valence electrons. The average Bonchev–Trinajstić information content (AvgIpc) is 3.30. The standard InChI is InChI=1S/C16H25N5OS/c1-17-16(19-7-6-18-15(22)13-4-5-13)21-10-8-20(9-11-21)14-3-2-12-23-14/h2-3,12-13H,4-11H2,1H3,(H,17,19)(H,18,22). The normalized spacial score (nSPS) is 18.9. The molecule has 0 spiro atoms. The van der Waals surface area contributed by atoms with E-state index in [0.29, 0.717) is 6.54 Å². The number of nitrogens with zero attached hydrogens (tertiary/aromatic N) is 3. The molecule has 3 rings (SSSR count). The van der Waals surface area contributed by atoms with E-state index in [1.54, 1.807) is 11.3 Å². The molecule has 1 aromatic heterocycles. The summed E-state index contributed by atoms with van der Waals surface area (Å²) in [5.74, 6) is 1.41. The first-order valence-corrected chi connectivity index (χ1v) is 9.17. The highest BCUT2D eigenvalue weighted by atomic mass is 32.1. The Morgan fingerprint density at radius 2 is 2.00 bits per heavy atom. The molecule has 0 unspecified atom stereocenters. The topological polar surface area (TPSA) is 60.0 Å². The minimum atomic E-state index is 0.200. The number of carbonyl (C=O) groups is 1. The van der Waals surface area contributed by atoms with E-state index in [4.69, 9.17) is 0 Å². The molecule has 1 aliphatic heterocycles. The van der Waals surface area contributed by atoms with Crippen molar-refractivity contribution in [3.8, 4) is 0 Å². The largest absolute Gasteiger partial charge is 0.360 e. The SMILES string of the molecule is CN=C(NCCNC(=O)C1CC1)N1CCN(c2cccs2)CC1. The maximum atomic E-state index is 11.6. The molecule has 2 fully saturated rings. The lowest BCUT2D eigenvalue weighted by Crippen LogP contribution is -2.53. The lowest BCUT2D eigenvalue weighted by atomic mass is 10.3. The Bertz CT molecular complexity index is 533. The molecule has 1 amide bonds. The third-order valence-corrected chi connectivity index (χ3v) is 5.19. The van der Waals surface area contributed by atoms with E-state index in [-0.39, 0.29) is 11.8 Å². The summed E-state index contributed by atoms with van der Waals surface area (Å²) in [6, 6.07) is 4.28. The maximum absolute atomic E-state index is 11.6. The van der Waals surface area contributed by atoms with Crippen LogP contribution in [0.15, 0.2) is 22.5 Å². The van der Waals surface area contributed by atoms with Crippen molar-refractivity contribution < 1.29 is 4.79 Å². The zero-order chi connectivity index (χ0) is 16.1. The number of thiophene rings is 1. The fourth-order valence-corrected chi connectivity index (χ4v) is 3.56. The van der Waals surface area contributed by atoms with Gasteiger partial charge in [-0.25, -0.2) is 0 Å². The van der Waals surface area contributed by atoms with Crippen molar-refractivity contribution in [2.45, 2.75) is 12.8 Å². The molecule has 7 heteroatoms. The highest BCUT2D eigenvalue weighted by molar-refractivity contribution is 7.14. The highest BCUT2D eigenvalue weighted by Gasteiger charge is 2.29. The Morgan fingerprint density at radius 3 is 2.61 bits per heavy atom. The van der Waals surface area contributed by atoms with Crippen LogP contribution < -0.4 is 15.5 Å². The van der Waals surface area contributed by atoms with E-state index >= 15 is 0 Å². The van der Waals surface area contributed by atoms with Crippen LogP contribution in [-0.4, -0.2) is 63.1 Å². The van der Waals surface area contributed by atoms with Crippen LogP contribution in [0.4, 0.5) is 5.00 Å². The number of nitrogens with one attached hydrogen (secondary N) is 2. The van der Waals surface area contributed by atoms with Crippen molar-refractivity contribution in [3.05, 3.63) is 17.5 Å². The summed E-state index contributed by atoms with van der Waals surface area (Å²) in [5.41, 5.74) is 0. The van der Waals surface area contributed by atoms with Gasteiger partial charge in [0, 0.05) is 52.2 Å². The van der Waals surface area contributed by atoms with E-state index < -0.39 is 0 Å². The zero-order valence-electron chi connectivity index (χ0n) is 13.6. The Kier molecular flexibility index (Phi) is 5.38. The average molecular weight is 335 g/mol. The number of carbonyl (C=O) groups excluding carboxylic acids is 1. The van der Waals surface area contributed by atoms with Gasteiger partial charge in [0.2, 0.25) is 5.91 Å². The second-order valence-corrected chi connectivity index (χ2v) is 6.89. The van der Waals surface area contributed by atoms with Gasteiger partial charge in [-0.1, -0.05) is 0 Å². The third-order valence-electron chi connectivity index (χ3n) is 4.26. The van der Waals surface area contributed by atoms with Gasteiger partial charge in [0.1, 0.15) is 0 Å². The fourth-order valence-electron chi connectivity index (χ4n) is 2.77. The molecule has 1 aromatic rings. The number of guanidine groups is 1. The first-order valence-electron chi connectivity index (χ1n) is 8.29. The molecule has 0 bridgehead atoms. The van der Waals surface area contributed by atoms with Gasteiger partial charge in [-0.3, -0.25) is 9.79 Å². The number of anilines is 1. The van der Waals surface area contributed by atoms with Gasteiger partial charge in [0.05, 0.1) is 5.00 Å². The number of rotatable bonds is 5. The van der Waals surface area contributed by atoms with E-state index in [1.807, 2.05) is 7.05 Å². The van der Waals surface area contributed by atoms with Crippen LogP contribution >= 0.6 is 11.3 Å². The maximum Gasteiger partial charge on any atom is 0.223 e. The Labute approximate surface area is 141 Å². The molecule has 6 nitrogen and oxygen atoms in total. The lowest BCUT2D eigenvalue weighted by molar-refractivity contribution is -0.122. The van der Waals surface area contributed by atoms with Gasteiger partial charge in [0.25, 0.3) is 0 Å². The lowest BCUT2D eigenvalue weighted by Gasteiger charge is -2.37. The van der Waals surface area contributed by atoms with Crippen LogP contribution in [0.25, 0.3) is 0 Å². The highest BCUT2D eigenvalue weighted by Crippen LogP contribution is 2.28. The molecule has 1 saturated heterocycles. The summed E-state index contributed by atoms with van der Waals surface area (Å²) in [6.07, 6.45) is 2.10. The number of piperazine rings is 1. The molecule has 23 heavy (non-hydrogen) atoms. The molecule has 2 aliphatic rings. The minimum absolute atomic E-state index is 0.200. The van der Waals surface area contributed by atoms with Gasteiger partial charge in [-0.05, 0) is 30.4 Å². The quantitative estimate of drug-likeness (QED) is 0.478. The number of amides is 1. The van der Waals surface area contributed by atoms with Gasteiger partial charge < -0.3 is 20.4 Å². The Balaban J connectivity index is 1.38. The van der Waals surface area contributed by atoms with Crippen LogP contribution in [0.3, 0.4) is 0 Å². The third kappa shape index (κ3) is 4.37. The van der Waals surface area contributed by atoms with Crippen molar-refractivity contribution in [1.82, 2.24) is 15.5 Å². The molecular weight excluding hydrogens is 310 g/mol. The number of aliphatic imine (C=N–C) groups is 1. The molecule has 1 saturated carbocycles. The Morgan fingerprint density at radius 1 is 1.26 bits per heavy atom. The van der Waals surface area contributed by atoms with Gasteiger partial charge in [-0.2, -0.15) is 0 Å². The summed E-state index contributed by atoms with van der Waals surface area (Å²) < 4.78 is 0. The molecule has 2 heterocycles. The van der Waals surface area contributed by atoms with E-state index in [1.165, 1.54) is 5.00 Å². The smallest absolute Gasteiger partial charge is 0.223 e. The molecule has 2 N–H and O–H groups in total. The fraction of sp³-hybridized carbons (Fsp3) is 0.625. The first-order chi connectivity index (χ1) is 11.3. The number of hydrogen-bond acceptors (Lipinski definition) is 4. The van der Waals surface area contributed by atoms with E-state index in [9.17, 15) is 4.79 Å². The van der Waals surface area contributed by atoms with Crippen molar-refractivity contribution in [2.75, 3.05) is 51.2 Å². The monoisotopic (exact) mass is 335 g/mol. The van der Waals surface area contributed by atoms with Gasteiger partial charge >= 0.3 is 0 Å². The van der Waals surface area contributed by atoms with Crippen molar-refractivity contribution in [2.24, 2.45) is 10.9 Å². The summed E-state index contributed by atoms with van der Waals surface area (Å²) in [5, 5.41) is 9.79. The van der Waals surface area contributed by atoms with Gasteiger partial charge in [-0.15, -0.1) is 11.3 Å². The van der Waals surface area contributed by atoms with Crippen molar-refractivity contribution in [1.29, 1.82) is 0 Å². The van der Waals surface area contributed by atoms with E-state index in [0.717, 1.165) is 51.5 Å². The van der Waals surface area contributed by atoms with Crippen molar-refractivity contribution >= 4 is 28.2 Å². The van der Waals surface area contributed by atoms with Crippen LogP contribution in [0.1, 0.15) is 12.8 Å². The molecule has 0 aromatic carbocycles. The second-order valence-electron chi connectivity index (χ2n) is 5.96. The van der Waals surface area contributed by atoms with Crippen LogP contribution in [-0.2, 0) is 4.79 Å². The summed E-state index contributed by atoms with van der Waals surface area (Å²) in [7, 11) is 1.82. The molecule has 0 radical (unpaired) electrons. The van der Waals surface area contributed by atoms with Crippen LogP contribution in [0, 0.1) is 5.92 Å². The number of hydrogen-bond donors (Lipinski definition) is 2. The molecule has 0 atom stereocenters. The predicted octanol–water partition coefficient (Wildman–Crippen LogP) is 0.972. The molecular formula is C16H25N5OS. The summed E-state index contributed by atoms with van der Waals surface area (Å²) in [6.45, 7) is 5.33. The van der Waals surface area contributed by atoms with Crippen LogP contribution in [0.5, 0.6) is 0 Å². The van der Waals surface area contributed by atoms with Crippen molar-refractivity contribution in [3.63, 3.8) is 0 Å². The predicted molar refractivity (Wildman–Crippen MR) is 95.2 cm³/mol. The second kappa shape index (κ2) is 7.68. The zero-order valence-corrected chi connectivity index (χ0v) is 14.4. The summed E-state index contributed by atoms with van der Waals surface area (Å²) >= 11 is 1.79. The van der Waals surface area contributed by atoms with Crippen LogP contribution in [0.2, 0.25) is 0 Å². The molecule has 1 aliphatic carbocycles. The first kappa shape index (κ1) is 16.1. The van der Waals surface area contributed by atoms with E-state index in [2.05, 4.69) is 42.9 Å². The van der Waals surface area contributed by atoms with Gasteiger partial charge in [0.15, 0.2) is 5.96 Å². The summed E-state index contributed by atoms with van der Waals surface area (Å²) in [4.78, 5) is 20.7. The Hall–Kier alpha value is -1.76. The minimum Gasteiger partial charge on any atom is -0.360 e.